The zero-order valence-electron chi connectivity index (χ0n) is 7.54. The van der Waals surface area contributed by atoms with Crippen molar-refractivity contribution in [1.29, 1.82) is 0 Å². The van der Waals surface area contributed by atoms with Gasteiger partial charge >= 0.3 is 0 Å². The van der Waals surface area contributed by atoms with Crippen LogP contribution in [0.1, 0.15) is 20.3 Å². The molecule has 0 N–H and O–H groups in total. The Labute approximate surface area is 68.4 Å². The van der Waals surface area contributed by atoms with Crippen LogP contribution in [0.4, 0.5) is 0 Å². The first-order valence-electron chi connectivity index (χ1n) is 3.91. The number of aliphatic imine (C=N–C) groups is 1. The highest BCUT2D eigenvalue weighted by molar-refractivity contribution is 5.62. The van der Waals surface area contributed by atoms with Gasteiger partial charge in [-0.15, -0.1) is 0 Å². The van der Waals surface area contributed by atoms with E-state index in [2.05, 4.69) is 11.9 Å². The SMILES string of the molecule is CCCN=C[C@H](C)OCOC. The quantitative estimate of drug-likeness (QED) is 0.434. The van der Waals surface area contributed by atoms with Crippen molar-refractivity contribution < 1.29 is 9.47 Å². The average molecular weight is 159 g/mol. The summed E-state index contributed by atoms with van der Waals surface area (Å²) in [5.74, 6) is 0. The first kappa shape index (κ1) is 10.6. The Kier molecular flexibility index (Phi) is 7.41. The summed E-state index contributed by atoms with van der Waals surface area (Å²) in [5.41, 5.74) is 0. The second-order valence-corrected chi connectivity index (χ2v) is 2.33. The minimum Gasteiger partial charge on any atom is -0.359 e. The predicted octanol–water partition coefficient (Wildman–Crippen LogP) is 1.48. The number of nitrogens with zero attached hydrogens (tertiary/aromatic N) is 1. The fraction of sp³-hybridized carbons (Fsp3) is 0.875. The van der Waals surface area contributed by atoms with Crippen LogP contribution in [0.3, 0.4) is 0 Å². The molecule has 0 radical (unpaired) electrons. The fourth-order valence-electron chi connectivity index (χ4n) is 0.570. The van der Waals surface area contributed by atoms with Gasteiger partial charge < -0.3 is 9.47 Å². The van der Waals surface area contributed by atoms with Crippen LogP contribution in [0, 0.1) is 0 Å². The number of hydrogen-bond acceptors (Lipinski definition) is 3. The summed E-state index contributed by atoms with van der Waals surface area (Å²) in [5, 5.41) is 0. The molecule has 0 amide bonds. The van der Waals surface area contributed by atoms with Gasteiger partial charge in [-0.3, -0.25) is 4.99 Å². The van der Waals surface area contributed by atoms with Crippen LogP contribution < -0.4 is 0 Å². The molecular formula is C8H17NO2. The van der Waals surface area contributed by atoms with Crippen LogP contribution in [0.15, 0.2) is 4.99 Å². The molecule has 0 spiro atoms. The lowest BCUT2D eigenvalue weighted by Crippen LogP contribution is -2.11. The first-order valence-corrected chi connectivity index (χ1v) is 3.91. The summed E-state index contributed by atoms with van der Waals surface area (Å²) >= 11 is 0. The maximum atomic E-state index is 5.17. The molecule has 0 unspecified atom stereocenters. The minimum absolute atomic E-state index is 0.0569. The lowest BCUT2D eigenvalue weighted by Gasteiger charge is -2.05. The molecule has 0 aliphatic rings. The number of ether oxygens (including phenoxy) is 2. The van der Waals surface area contributed by atoms with Gasteiger partial charge in [-0.25, -0.2) is 0 Å². The Morgan fingerprint density at radius 1 is 1.55 bits per heavy atom. The van der Waals surface area contributed by atoms with E-state index in [0.29, 0.717) is 6.79 Å². The van der Waals surface area contributed by atoms with E-state index in [1.165, 1.54) is 0 Å². The van der Waals surface area contributed by atoms with Crippen molar-refractivity contribution in [3.05, 3.63) is 0 Å². The molecule has 0 aliphatic heterocycles. The lowest BCUT2D eigenvalue weighted by molar-refractivity contribution is -0.0421. The molecule has 3 heteroatoms. The molecule has 0 bridgehead atoms. The second kappa shape index (κ2) is 7.69. The van der Waals surface area contributed by atoms with Crippen molar-refractivity contribution in [2.24, 2.45) is 4.99 Å². The molecule has 66 valence electrons. The van der Waals surface area contributed by atoms with Crippen molar-refractivity contribution in [3.8, 4) is 0 Å². The van der Waals surface area contributed by atoms with E-state index >= 15 is 0 Å². The smallest absolute Gasteiger partial charge is 0.147 e. The summed E-state index contributed by atoms with van der Waals surface area (Å²) in [4.78, 5) is 4.14. The normalized spacial score (nSPS) is 14.1. The molecule has 0 aromatic carbocycles. The molecule has 11 heavy (non-hydrogen) atoms. The number of methoxy groups -OCH3 is 1. The monoisotopic (exact) mass is 159 g/mol. The number of hydrogen-bond donors (Lipinski definition) is 0. The van der Waals surface area contributed by atoms with E-state index in [-0.39, 0.29) is 6.10 Å². The van der Waals surface area contributed by atoms with Crippen LogP contribution in [0.5, 0.6) is 0 Å². The molecule has 0 aromatic rings. The zero-order chi connectivity index (χ0) is 8.53. The van der Waals surface area contributed by atoms with E-state index in [0.717, 1.165) is 13.0 Å². The molecule has 0 saturated carbocycles. The van der Waals surface area contributed by atoms with Crippen LogP contribution in [0.2, 0.25) is 0 Å². The molecule has 0 heterocycles. The molecule has 1 atom stereocenters. The Hall–Kier alpha value is -0.410. The third-order valence-electron chi connectivity index (χ3n) is 1.12. The van der Waals surface area contributed by atoms with Gasteiger partial charge in [0.1, 0.15) is 6.79 Å². The minimum atomic E-state index is 0.0569. The molecule has 0 saturated heterocycles. The van der Waals surface area contributed by atoms with E-state index < -0.39 is 0 Å². The second-order valence-electron chi connectivity index (χ2n) is 2.33. The van der Waals surface area contributed by atoms with Gasteiger partial charge in [-0.2, -0.15) is 0 Å². The largest absolute Gasteiger partial charge is 0.359 e. The van der Waals surface area contributed by atoms with Gasteiger partial charge in [0.2, 0.25) is 0 Å². The van der Waals surface area contributed by atoms with Crippen molar-refractivity contribution >= 4 is 6.21 Å². The van der Waals surface area contributed by atoms with Crippen LogP contribution in [-0.2, 0) is 9.47 Å². The summed E-state index contributed by atoms with van der Waals surface area (Å²) < 4.78 is 9.90. The standard InChI is InChI=1S/C8H17NO2/c1-4-5-9-6-8(2)11-7-10-3/h6,8H,4-5,7H2,1-3H3/t8-/m0/s1. The highest BCUT2D eigenvalue weighted by Crippen LogP contribution is 1.87. The summed E-state index contributed by atoms with van der Waals surface area (Å²) in [7, 11) is 1.61. The summed E-state index contributed by atoms with van der Waals surface area (Å²) in [6.45, 7) is 5.25. The van der Waals surface area contributed by atoms with Crippen molar-refractivity contribution in [2.45, 2.75) is 26.4 Å². The van der Waals surface area contributed by atoms with Gasteiger partial charge in [0.25, 0.3) is 0 Å². The average Bonchev–Trinajstić information content (AvgIpc) is 2.01. The zero-order valence-corrected chi connectivity index (χ0v) is 7.54. The lowest BCUT2D eigenvalue weighted by atomic mass is 10.4. The third-order valence-corrected chi connectivity index (χ3v) is 1.12. The number of rotatable bonds is 6. The van der Waals surface area contributed by atoms with Crippen LogP contribution in [0.25, 0.3) is 0 Å². The highest BCUT2D eigenvalue weighted by atomic mass is 16.7. The van der Waals surface area contributed by atoms with Gasteiger partial charge in [0, 0.05) is 19.9 Å². The molecule has 0 rings (SSSR count). The molecule has 0 aromatic heterocycles. The molecule has 0 fully saturated rings. The van der Waals surface area contributed by atoms with Crippen molar-refractivity contribution in [2.75, 3.05) is 20.4 Å². The van der Waals surface area contributed by atoms with Gasteiger partial charge in [-0.05, 0) is 13.3 Å². The Balaban J connectivity index is 3.27. The van der Waals surface area contributed by atoms with E-state index in [4.69, 9.17) is 9.47 Å². The van der Waals surface area contributed by atoms with E-state index in [1.54, 1.807) is 7.11 Å². The topological polar surface area (TPSA) is 30.8 Å². The van der Waals surface area contributed by atoms with Crippen molar-refractivity contribution in [3.63, 3.8) is 0 Å². The van der Waals surface area contributed by atoms with Gasteiger partial charge in [0.05, 0.1) is 6.10 Å². The maximum Gasteiger partial charge on any atom is 0.147 e. The molecule has 0 aliphatic carbocycles. The predicted molar refractivity (Wildman–Crippen MR) is 46.1 cm³/mol. The Morgan fingerprint density at radius 3 is 2.82 bits per heavy atom. The highest BCUT2D eigenvalue weighted by Gasteiger charge is 1.94. The van der Waals surface area contributed by atoms with Crippen LogP contribution >= 0.6 is 0 Å². The first-order chi connectivity index (χ1) is 5.31. The Morgan fingerprint density at radius 2 is 2.27 bits per heavy atom. The van der Waals surface area contributed by atoms with Gasteiger partial charge in [-0.1, -0.05) is 6.92 Å². The van der Waals surface area contributed by atoms with E-state index in [1.807, 2.05) is 13.1 Å². The summed E-state index contributed by atoms with van der Waals surface area (Å²) in [6.07, 6.45) is 2.94. The third kappa shape index (κ3) is 7.49. The van der Waals surface area contributed by atoms with Crippen molar-refractivity contribution in [1.82, 2.24) is 0 Å². The fourth-order valence-corrected chi connectivity index (χ4v) is 0.570. The Bertz CT molecular complexity index is 104. The molecule has 3 nitrogen and oxygen atoms in total. The maximum absolute atomic E-state index is 5.17. The van der Waals surface area contributed by atoms with Gasteiger partial charge in [0.15, 0.2) is 0 Å². The molecular weight excluding hydrogens is 142 g/mol. The van der Waals surface area contributed by atoms with E-state index in [9.17, 15) is 0 Å². The van der Waals surface area contributed by atoms with Crippen LogP contribution in [-0.4, -0.2) is 32.8 Å². The summed E-state index contributed by atoms with van der Waals surface area (Å²) in [6, 6.07) is 0.